The Labute approximate surface area is 207 Å². The summed E-state index contributed by atoms with van der Waals surface area (Å²) in [5.74, 6) is 0.121. The highest BCUT2D eigenvalue weighted by Crippen LogP contribution is 2.31. The van der Waals surface area contributed by atoms with Crippen molar-refractivity contribution in [3.63, 3.8) is 0 Å². The lowest BCUT2D eigenvalue weighted by molar-refractivity contribution is 0.0699. The zero-order valence-electron chi connectivity index (χ0n) is 20.8. The van der Waals surface area contributed by atoms with Crippen molar-refractivity contribution in [1.29, 1.82) is 0 Å². The summed E-state index contributed by atoms with van der Waals surface area (Å²) in [6.07, 6.45) is 7.29. The third-order valence-corrected chi connectivity index (χ3v) is 7.06. The summed E-state index contributed by atoms with van der Waals surface area (Å²) >= 11 is 0. The normalized spacial score (nSPS) is 22.1. The molecule has 2 aromatic rings. The van der Waals surface area contributed by atoms with Gasteiger partial charge >= 0.3 is 0 Å². The van der Waals surface area contributed by atoms with E-state index in [2.05, 4.69) is 27.9 Å². The van der Waals surface area contributed by atoms with Crippen LogP contribution in [0.5, 0.6) is 0 Å². The van der Waals surface area contributed by atoms with Crippen molar-refractivity contribution in [3.05, 3.63) is 42.1 Å². The van der Waals surface area contributed by atoms with Crippen LogP contribution in [0.15, 0.2) is 30.5 Å². The highest BCUT2D eigenvalue weighted by molar-refractivity contribution is 5.71. The van der Waals surface area contributed by atoms with E-state index in [1.165, 1.54) is 12.3 Å². The number of benzene rings is 1. The van der Waals surface area contributed by atoms with Crippen LogP contribution in [0.4, 0.5) is 20.3 Å². The average Bonchev–Trinajstić information content (AvgIpc) is 2.87. The van der Waals surface area contributed by atoms with Crippen LogP contribution < -0.4 is 16.0 Å². The number of aromatic nitrogens is 1. The molecule has 0 amide bonds. The highest BCUT2D eigenvalue weighted by atomic mass is 19.1. The Morgan fingerprint density at radius 3 is 2.46 bits per heavy atom. The first-order valence-electron chi connectivity index (χ1n) is 12.8. The molecule has 1 saturated carbocycles. The molecule has 1 aromatic carbocycles. The van der Waals surface area contributed by atoms with E-state index in [0.29, 0.717) is 30.4 Å². The van der Waals surface area contributed by atoms with Gasteiger partial charge in [-0.05, 0) is 75.6 Å². The Kier molecular flexibility index (Phi) is 9.29. The second-order valence-electron chi connectivity index (χ2n) is 9.90. The minimum Gasteiger partial charge on any atom is -0.385 e. The van der Waals surface area contributed by atoms with Gasteiger partial charge in [0.25, 0.3) is 0 Å². The molecule has 2 aliphatic rings. The van der Waals surface area contributed by atoms with E-state index >= 15 is 0 Å². The standard InChI is InChI=1S/C27H38F2N4O2/c1-18(17-34-2)32-20-3-5-21(6-4-20)33-27-14-24(26(29)16-31-27)23-13-22(7-8-25(23)28)30-15-19-9-11-35-12-10-19/h7-8,13-14,16,18-21,30,32H,3-6,9-12,15,17H2,1-2H3,(H,31,33)/t18-,20-,21-/m0/s1. The SMILES string of the molecule is COC[C@H](C)N[C@H]1CC[C@H](Nc2cc(-c3cc(NCC4CCOCC4)ccc3F)c(F)cn2)CC1. The molecule has 2 fully saturated rings. The van der Waals surface area contributed by atoms with E-state index in [9.17, 15) is 8.78 Å². The van der Waals surface area contributed by atoms with Crippen LogP contribution in [0.2, 0.25) is 0 Å². The summed E-state index contributed by atoms with van der Waals surface area (Å²) in [4.78, 5) is 4.23. The number of anilines is 2. The van der Waals surface area contributed by atoms with Crippen molar-refractivity contribution in [2.24, 2.45) is 5.92 Å². The van der Waals surface area contributed by atoms with E-state index in [0.717, 1.165) is 64.0 Å². The molecular weight excluding hydrogens is 450 g/mol. The largest absolute Gasteiger partial charge is 0.385 e. The number of rotatable bonds is 10. The fraction of sp³-hybridized carbons (Fsp3) is 0.593. The Bertz CT molecular complexity index is 947. The quantitative estimate of drug-likeness (QED) is 0.427. The lowest BCUT2D eigenvalue weighted by Gasteiger charge is -2.31. The molecule has 1 aromatic heterocycles. The smallest absolute Gasteiger partial charge is 0.149 e. The average molecular weight is 489 g/mol. The van der Waals surface area contributed by atoms with Gasteiger partial charge in [0.05, 0.1) is 12.8 Å². The van der Waals surface area contributed by atoms with Crippen LogP contribution in [0.3, 0.4) is 0 Å². The molecule has 6 nitrogen and oxygen atoms in total. The van der Waals surface area contributed by atoms with Gasteiger partial charge in [-0.15, -0.1) is 0 Å². The first-order valence-corrected chi connectivity index (χ1v) is 12.8. The number of hydrogen-bond donors (Lipinski definition) is 3. The number of pyridine rings is 1. The summed E-state index contributed by atoms with van der Waals surface area (Å²) in [6.45, 7) is 5.19. The summed E-state index contributed by atoms with van der Waals surface area (Å²) < 4.78 is 40.1. The van der Waals surface area contributed by atoms with Gasteiger partial charge in [0, 0.05) is 61.8 Å². The van der Waals surface area contributed by atoms with Crippen LogP contribution in [-0.4, -0.2) is 56.6 Å². The van der Waals surface area contributed by atoms with Crippen molar-refractivity contribution in [1.82, 2.24) is 10.3 Å². The highest BCUT2D eigenvalue weighted by Gasteiger charge is 2.23. The number of ether oxygens (including phenoxy) is 2. The van der Waals surface area contributed by atoms with Crippen LogP contribution in [0.25, 0.3) is 11.1 Å². The molecule has 2 heterocycles. The zero-order chi connectivity index (χ0) is 24.6. The van der Waals surface area contributed by atoms with Crippen LogP contribution in [0, 0.1) is 17.6 Å². The first kappa shape index (κ1) is 25.8. The zero-order valence-corrected chi connectivity index (χ0v) is 20.8. The molecular formula is C27H38F2N4O2. The molecule has 1 saturated heterocycles. The second-order valence-corrected chi connectivity index (χ2v) is 9.90. The van der Waals surface area contributed by atoms with Gasteiger partial charge in [-0.2, -0.15) is 0 Å². The van der Waals surface area contributed by atoms with Crippen molar-refractivity contribution in [2.75, 3.05) is 44.1 Å². The van der Waals surface area contributed by atoms with Gasteiger partial charge in [-0.1, -0.05) is 0 Å². The first-order chi connectivity index (χ1) is 17.0. The van der Waals surface area contributed by atoms with Gasteiger partial charge in [0.15, 0.2) is 0 Å². The van der Waals surface area contributed by atoms with Gasteiger partial charge in [0.2, 0.25) is 0 Å². The molecule has 0 unspecified atom stereocenters. The topological polar surface area (TPSA) is 67.4 Å². The second kappa shape index (κ2) is 12.6. The molecule has 0 spiro atoms. The predicted molar refractivity (Wildman–Crippen MR) is 136 cm³/mol. The Morgan fingerprint density at radius 1 is 1.00 bits per heavy atom. The van der Waals surface area contributed by atoms with E-state index in [1.807, 2.05) is 0 Å². The molecule has 192 valence electrons. The van der Waals surface area contributed by atoms with Crippen LogP contribution in [-0.2, 0) is 9.47 Å². The van der Waals surface area contributed by atoms with E-state index in [4.69, 9.17) is 9.47 Å². The monoisotopic (exact) mass is 488 g/mol. The van der Waals surface area contributed by atoms with Gasteiger partial charge in [-0.3, -0.25) is 0 Å². The molecule has 4 rings (SSSR count). The van der Waals surface area contributed by atoms with Crippen LogP contribution in [0.1, 0.15) is 45.4 Å². The molecule has 1 atom stereocenters. The summed E-state index contributed by atoms with van der Waals surface area (Å²) in [5, 5.41) is 10.4. The molecule has 8 heteroatoms. The summed E-state index contributed by atoms with van der Waals surface area (Å²) in [7, 11) is 1.72. The number of methoxy groups -OCH3 is 1. The van der Waals surface area contributed by atoms with Crippen molar-refractivity contribution in [2.45, 2.75) is 63.6 Å². The van der Waals surface area contributed by atoms with E-state index in [1.54, 1.807) is 25.3 Å². The molecule has 0 bridgehead atoms. The van der Waals surface area contributed by atoms with Crippen molar-refractivity contribution in [3.8, 4) is 11.1 Å². The number of halogens is 2. The van der Waals surface area contributed by atoms with Gasteiger partial charge in [-0.25, -0.2) is 13.8 Å². The minimum absolute atomic E-state index is 0.221. The lowest BCUT2D eigenvalue weighted by Crippen LogP contribution is -2.42. The maximum absolute atomic E-state index is 14.8. The lowest BCUT2D eigenvalue weighted by atomic mass is 9.90. The number of nitrogens with one attached hydrogen (secondary N) is 3. The summed E-state index contributed by atoms with van der Waals surface area (Å²) in [5.41, 5.74) is 1.25. The third kappa shape index (κ3) is 7.35. The molecule has 35 heavy (non-hydrogen) atoms. The Hall–Kier alpha value is -2.29. The van der Waals surface area contributed by atoms with E-state index in [-0.39, 0.29) is 17.2 Å². The Balaban J connectivity index is 1.38. The van der Waals surface area contributed by atoms with Crippen molar-refractivity contribution >= 4 is 11.5 Å². The summed E-state index contributed by atoms with van der Waals surface area (Å²) in [6, 6.07) is 7.47. The van der Waals surface area contributed by atoms with Crippen molar-refractivity contribution < 1.29 is 18.3 Å². The molecule has 0 radical (unpaired) electrons. The van der Waals surface area contributed by atoms with Crippen LogP contribution >= 0.6 is 0 Å². The molecule has 1 aliphatic carbocycles. The van der Waals surface area contributed by atoms with Gasteiger partial charge in [0.1, 0.15) is 17.5 Å². The third-order valence-electron chi connectivity index (χ3n) is 7.06. The maximum Gasteiger partial charge on any atom is 0.149 e. The van der Waals surface area contributed by atoms with Gasteiger partial charge < -0.3 is 25.4 Å². The molecule has 3 N–H and O–H groups in total. The number of nitrogens with zero attached hydrogens (tertiary/aromatic N) is 1. The number of hydrogen-bond acceptors (Lipinski definition) is 6. The maximum atomic E-state index is 14.8. The predicted octanol–water partition coefficient (Wildman–Crippen LogP) is 5.21. The fourth-order valence-corrected chi connectivity index (χ4v) is 5.09. The fourth-order valence-electron chi connectivity index (χ4n) is 5.09. The Morgan fingerprint density at radius 2 is 1.71 bits per heavy atom. The molecule has 1 aliphatic heterocycles. The minimum atomic E-state index is -0.531. The van der Waals surface area contributed by atoms with E-state index < -0.39 is 11.6 Å².